The van der Waals surface area contributed by atoms with E-state index in [1.54, 1.807) is 11.8 Å². The number of nitrogens with zero attached hydrogens (tertiary/aromatic N) is 4. The summed E-state index contributed by atoms with van der Waals surface area (Å²) >= 11 is 1.79. The average molecular weight is 395 g/mol. The van der Waals surface area contributed by atoms with E-state index in [0.29, 0.717) is 0 Å². The van der Waals surface area contributed by atoms with Crippen molar-refractivity contribution in [2.24, 2.45) is 0 Å². The summed E-state index contributed by atoms with van der Waals surface area (Å²) in [5.41, 5.74) is 3.60. The van der Waals surface area contributed by atoms with Gasteiger partial charge in [0.05, 0.1) is 19.8 Å². The number of thioether (sulfide) groups is 1. The molecule has 1 aromatic heterocycles. The minimum atomic E-state index is 0.775. The van der Waals surface area contributed by atoms with Gasteiger partial charge in [0.2, 0.25) is 0 Å². The second-order valence-corrected chi connectivity index (χ2v) is 8.11. The first-order valence-corrected chi connectivity index (χ1v) is 10.8. The summed E-state index contributed by atoms with van der Waals surface area (Å²) in [5.74, 6) is 1.93. The molecule has 0 amide bonds. The molecule has 146 valence electrons. The maximum atomic E-state index is 5.44. The maximum absolute atomic E-state index is 5.44. The molecule has 0 N–H and O–H groups in total. The standard InChI is InChI=1S/C22H26N4OS/c1-18-6-5-9-20(16-18)21-23-24-22(26(21)17-19-7-3-2-4-8-19)28-15-12-25-10-13-27-14-11-25/h2-9,16H,10-15,17H2,1H3. The van der Waals surface area contributed by atoms with Crippen molar-refractivity contribution >= 4 is 11.8 Å². The largest absolute Gasteiger partial charge is 0.379 e. The molecule has 28 heavy (non-hydrogen) atoms. The fourth-order valence-corrected chi connectivity index (χ4v) is 4.33. The summed E-state index contributed by atoms with van der Waals surface area (Å²) < 4.78 is 7.68. The van der Waals surface area contributed by atoms with Gasteiger partial charge in [0.1, 0.15) is 0 Å². The zero-order chi connectivity index (χ0) is 19.2. The molecule has 0 aliphatic carbocycles. The van der Waals surface area contributed by atoms with Gasteiger partial charge in [-0.05, 0) is 18.6 Å². The third kappa shape index (κ3) is 4.82. The Labute approximate surface area is 170 Å². The molecule has 5 nitrogen and oxygen atoms in total. The Balaban J connectivity index is 1.54. The molecule has 1 aliphatic heterocycles. The molecule has 0 spiro atoms. The molecule has 1 fully saturated rings. The number of ether oxygens (including phenoxy) is 1. The second-order valence-electron chi connectivity index (χ2n) is 7.05. The van der Waals surface area contributed by atoms with Crippen molar-refractivity contribution < 1.29 is 4.74 Å². The first-order valence-electron chi connectivity index (χ1n) is 9.77. The number of hydrogen-bond acceptors (Lipinski definition) is 5. The highest BCUT2D eigenvalue weighted by molar-refractivity contribution is 7.99. The van der Waals surface area contributed by atoms with Crippen LogP contribution in [0.25, 0.3) is 11.4 Å². The lowest BCUT2D eigenvalue weighted by Gasteiger charge is -2.26. The molecule has 2 aromatic carbocycles. The maximum Gasteiger partial charge on any atom is 0.191 e. The van der Waals surface area contributed by atoms with Crippen LogP contribution in [0.5, 0.6) is 0 Å². The summed E-state index contributed by atoms with van der Waals surface area (Å²) in [6.45, 7) is 7.65. The van der Waals surface area contributed by atoms with Crippen LogP contribution in [-0.4, -0.2) is 58.3 Å². The normalized spacial score (nSPS) is 15.0. The minimum Gasteiger partial charge on any atom is -0.379 e. The summed E-state index contributed by atoms with van der Waals surface area (Å²) in [6.07, 6.45) is 0. The fraction of sp³-hybridized carbons (Fsp3) is 0.364. The van der Waals surface area contributed by atoms with Crippen LogP contribution in [-0.2, 0) is 11.3 Å². The van der Waals surface area contributed by atoms with Gasteiger partial charge in [0, 0.05) is 31.0 Å². The number of morpholine rings is 1. The lowest BCUT2D eigenvalue weighted by atomic mass is 10.1. The van der Waals surface area contributed by atoms with E-state index in [-0.39, 0.29) is 0 Å². The molecule has 0 bridgehead atoms. The van der Waals surface area contributed by atoms with E-state index in [2.05, 4.69) is 81.2 Å². The van der Waals surface area contributed by atoms with Crippen LogP contribution in [0.4, 0.5) is 0 Å². The van der Waals surface area contributed by atoms with Gasteiger partial charge in [0.25, 0.3) is 0 Å². The molecule has 0 unspecified atom stereocenters. The van der Waals surface area contributed by atoms with Gasteiger partial charge in [-0.25, -0.2) is 0 Å². The monoisotopic (exact) mass is 394 g/mol. The molecular formula is C22H26N4OS. The Morgan fingerprint density at radius 3 is 2.61 bits per heavy atom. The van der Waals surface area contributed by atoms with Crippen molar-refractivity contribution in [3.05, 3.63) is 65.7 Å². The molecule has 4 rings (SSSR count). The lowest BCUT2D eigenvalue weighted by molar-refractivity contribution is 0.0410. The third-order valence-corrected chi connectivity index (χ3v) is 5.87. The van der Waals surface area contributed by atoms with Crippen LogP contribution in [0.2, 0.25) is 0 Å². The van der Waals surface area contributed by atoms with Crippen LogP contribution in [0, 0.1) is 6.92 Å². The molecular weight excluding hydrogens is 368 g/mol. The van der Waals surface area contributed by atoms with E-state index >= 15 is 0 Å². The van der Waals surface area contributed by atoms with E-state index in [9.17, 15) is 0 Å². The molecule has 2 heterocycles. The molecule has 1 saturated heterocycles. The third-order valence-electron chi connectivity index (χ3n) is 4.92. The average Bonchev–Trinajstić information content (AvgIpc) is 3.12. The van der Waals surface area contributed by atoms with Crippen molar-refractivity contribution in [3.8, 4) is 11.4 Å². The molecule has 0 atom stereocenters. The van der Waals surface area contributed by atoms with Crippen LogP contribution < -0.4 is 0 Å². The first-order chi connectivity index (χ1) is 13.8. The minimum absolute atomic E-state index is 0.775. The Morgan fingerprint density at radius 1 is 1.00 bits per heavy atom. The van der Waals surface area contributed by atoms with Crippen LogP contribution >= 0.6 is 11.8 Å². The molecule has 3 aromatic rings. The van der Waals surface area contributed by atoms with Crippen molar-refractivity contribution in [1.29, 1.82) is 0 Å². The van der Waals surface area contributed by atoms with Gasteiger partial charge in [-0.1, -0.05) is 65.9 Å². The summed E-state index contributed by atoms with van der Waals surface area (Å²) in [7, 11) is 0. The van der Waals surface area contributed by atoms with Crippen molar-refractivity contribution in [1.82, 2.24) is 19.7 Å². The van der Waals surface area contributed by atoms with E-state index in [4.69, 9.17) is 4.74 Å². The summed E-state index contributed by atoms with van der Waals surface area (Å²) in [5, 5.41) is 10.1. The SMILES string of the molecule is Cc1cccc(-c2nnc(SCCN3CCOCC3)n2Cc2ccccc2)c1. The van der Waals surface area contributed by atoms with Gasteiger partial charge in [-0.3, -0.25) is 9.47 Å². The summed E-state index contributed by atoms with van der Waals surface area (Å²) in [6, 6.07) is 19.0. The predicted molar refractivity (Wildman–Crippen MR) is 114 cm³/mol. The smallest absolute Gasteiger partial charge is 0.191 e. The van der Waals surface area contributed by atoms with E-state index in [1.807, 2.05) is 0 Å². The predicted octanol–water partition coefficient (Wildman–Crippen LogP) is 3.73. The van der Waals surface area contributed by atoms with Gasteiger partial charge < -0.3 is 4.74 Å². The number of hydrogen-bond donors (Lipinski definition) is 0. The highest BCUT2D eigenvalue weighted by Crippen LogP contribution is 2.26. The lowest BCUT2D eigenvalue weighted by Crippen LogP contribution is -2.37. The first kappa shape index (κ1) is 19.2. The topological polar surface area (TPSA) is 43.2 Å². The van der Waals surface area contributed by atoms with E-state index < -0.39 is 0 Å². The second kappa shape index (κ2) is 9.37. The van der Waals surface area contributed by atoms with Gasteiger partial charge in [-0.2, -0.15) is 0 Å². The van der Waals surface area contributed by atoms with Gasteiger partial charge in [0.15, 0.2) is 11.0 Å². The molecule has 1 aliphatic rings. The fourth-order valence-electron chi connectivity index (χ4n) is 3.39. The highest BCUT2D eigenvalue weighted by atomic mass is 32.2. The van der Waals surface area contributed by atoms with Crippen molar-refractivity contribution in [2.75, 3.05) is 38.6 Å². The van der Waals surface area contributed by atoms with Crippen LogP contribution in [0.1, 0.15) is 11.1 Å². The van der Waals surface area contributed by atoms with Gasteiger partial charge in [-0.15, -0.1) is 10.2 Å². The molecule has 0 saturated carbocycles. The Morgan fingerprint density at radius 2 is 1.82 bits per heavy atom. The summed E-state index contributed by atoms with van der Waals surface area (Å²) in [4.78, 5) is 2.45. The van der Waals surface area contributed by atoms with Crippen LogP contribution in [0.3, 0.4) is 0 Å². The number of aryl methyl sites for hydroxylation is 1. The number of rotatable bonds is 7. The number of benzene rings is 2. The zero-order valence-electron chi connectivity index (χ0n) is 16.3. The van der Waals surface area contributed by atoms with Crippen molar-refractivity contribution in [2.45, 2.75) is 18.6 Å². The zero-order valence-corrected chi connectivity index (χ0v) is 17.1. The molecule has 6 heteroatoms. The Kier molecular flexibility index (Phi) is 6.41. The number of aromatic nitrogens is 3. The quantitative estimate of drug-likeness (QED) is 0.571. The van der Waals surface area contributed by atoms with Gasteiger partial charge >= 0.3 is 0 Å². The Hall–Kier alpha value is -2.15. The van der Waals surface area contributed by atoms with E-state index in [1.165, 1.54) is 11.1 Å². The highest BCUT2D eigenvalue weighted by Gasteiger charge is 2.16. The van der Waals surface area contributed by atoms with Crippen LogP contribution in [0.15, 0.2) is 59.8 Å². The Bertz CT molecular complexity index is 891. The van der Waals surface area contributed by atoms with E-state index in [0.717, 1.165) is 61.7 Å². The van der Waals surface area contributed by atoms with Crippen molar-refractivity contribution in [3.63, 3.8) is 0 Å². The molecule has 0 radical (unpaired) electrons.